The molecule has 1 amide bonds. The summed E-state index contributed by atoms with van der Waals surface area (Å²) in [5, 5.41) is 0. The summed E-state index contributed by atoms with van der Waals surface area (Å²) in [4.78, 5) is 19.3. The Bertz CT molecular complexity index is 977. The number of nitrogens with one attached hydrogen (secondary N) is 2. The van der Waals surface area contributed by atoms with Crippen LogP contribution in [0, 0.1) is 5.92 Å². The van der Waals surface area contributed by atoms with Crippen molar-refractivity contribution in [1.82, 2.24) is 25.1 Å². The van der Waals surface area contributed by atoms with Crippen molar-refractivity contribution in [1.29, 1.82) is 0 Å². The van der Waals surface area contributed by atoms with Crippen LogP contribution in [0.25, 0.3) is 5.65 Å². The quantitative estimate of drug-likeness (QED) is 0.719. The minimum absolute atomic E-state index is 0.200. The average molecular weight is 390 g/mol. The van der Waals surface area contributed by atoms with Crippen LogP contribution in [-0.2, 0) is 11.2 Å². The summed E-state index contributed by atoms with van der Waals surface area (Å²) in [5.74, 6) is 1.27. The minimum atomic E-state index is 0.200. The second-order valence-electron chi connectivity index (χ2n) is 8.14. The molecule has 2 N–H and O–H groups in total. The smallest absolute Gasteiger partial charge is 0.228 e. The van der Waals surface area contributed by atoms with Gasteiger partial charge in [0.2, 0.25) is 5.91 Å². The lowest BCUT2D eigenvalue weighted by atomic mass is 9.80. The van der Waals surface area contributed by atoms with Crippen LogP contribution in [0.1, 0.15) is 30.0 Å². The van der Waals surface area contributed by atoms with Crippen LogP contribution in [0.15, 0.2) is 60.9 Å². The second-order valence-corrected chi connectivity index (χ2v) is 8.14. The number of piperidine rings is 1. The van der Waals surface area contributed by atoms with Crippen LogP contribution < -0.4 is 10.9 Å². The fourth-order valence-corrected chi connectivity index (χ4v) is 4.88. The molecule has 0 spiro atoms. The van der Waals surface area contributed by atoms with Crippen LogP contribution in [0.5, 0.6) is 0 Å². The highest BCUT2D eigenvalue weighted by molar-refractivity contribution is 5.78. The third-order valence-corrected chi connectivity index (χ3v) is 6.48. The molecule has 4 heterocycles. The fourth-order valence-electron chi connectivity index (χ4n) is 4.88. The zero-order valence-corrected chi connectivity index (χ0v) is 16.5. The number of carbonyl (C=O) groups excluding carboxylic acids is 1. The van der Waals surface area contributed by atoms with Gasteiger partial charge in [-0.25, -0.2) is 4.98 Å². The molecule has 2 aromatic heterocycles. The van der Waals surface area contributed by atoms with Gasteiger partial charge in [-0.2, -0.15) is 0 Å². The van der Waals surface area contributed by atoms with Gasteiger partial charge in [-0.3, -0.25) is 15.6 Å². The summed E-state index contributed by atoms with van der Waals surface area (Å²) in [7, 11) is 0. The first-order valence-electron chi connectivity index (χ1n) is 10.5. The van der Waals surface area contributed by atoms with E-state index < -0.39 is 0 Å². The number of benzene rings is 1. The number of carbonyl (C=O) groups is 1. The first-order chi connectivity index (χ1) is 14.3. The number of amides is 1. The molecule has 2 aliphatic heterocycles. The van der Waals surface area contributed by atoms with Gasteiger partial charge in [0.15, 0.2) is 0 Å². The molecule has 6 nitrogen and oxygen atoms in total. The fraction of sp³-hybridized carbons (Fsp3) is 0.391. The molecule has 29 heavy (non-hydrogen) atoms. The number of nitrogens with zero attached hydrogens (tertiary/aromatic N) is 3. The highest BCUT2D eigenvalue weighted by atomic mass is 16.2. The van der Waals surface area contributed by atoms with Crippen molar-refractivity contribution in [3.63, 3.8) is 0 Å². The molecular formula is C23H27N5O. The van der Waals surface area contributed by atoms with Crippen molar-refractivity contribution < 1.29 is 4.79 Å². The molecule has 2 aliphatic rings. The molecule has 2 atom stereocenters. The highest BCUT2D eigenvalue weighted by Crippen LogP contribution is 2.32. The van der Waals surface area contributed by atoms with Gasteiger partial charge in [0.05, 0.1) is 12.1 Å². The van der Waals surface area contributed by atoms with E-state index in [0.29, 0.717) is 24.3 Å². The summed E-state index contributed by atoms with van der Waals surface area (Å²) in [5.41, 5.74) is 10.1. The topological polar surface area (TPSA) is 61.7 Å². The van der Waals surface area contributed by atoms with Gasteiger partial charge in [0, 0.05) is 44.0 Å². The zero-order valence-electron chi connectivity index (χ0n) is 16.5. The van der Waals surface area contributed by atoms with Crippen molar-refractivity contribution in [2.75, 3.05) is 19.6 Å². The number of likely N-dealkylation sites (tertiary alicyclic amines) is 1. The molecule has 2 unspecified atom stereocenters. The highest BCUT2D eigenvalue weighted by Gasteiger charge is 2.36. The Labute approximate surface area is 170 Å². The number of hydrazine groups is 1. The number of hydrogen-bond donors (Lipinski definition) is 2. The largest absolute Gasteiger partial charge is 0.342 e. The van der Waals surface area contributed by atoms with Crippen LogP contribution in [0.2, 0.25) is 0 Å². The molecule has 1 aromatic carbocycles. The third-order valence-electron chi connectivity index (χ3n) is 6.48. The molecule has 150 valence electrons. The van der Waals surface area contributed by atoms with Crippen molar-refractivity contribution in [3.8, 4) is 0 Å². The lowest BCUT2D eigenvalue weighted by molar-refractivity contribution is -0.132. The maximum Gasteiger partial charge on any atom is 0.228 e. The van der Waals surface area contributed by atoms with Crippen molar-refractivity contribution in [3.05, 3.63) is 72.2 Å². The maximum absolute atomic E-state index is 12.9. The zero-order chi connectivity index (χ0) is 19.6. The summed E-state index contributed by atoms with van der Waals surface area (Å²) >= 11 is 0. The molecule has 6 heteroatoms. The van der Waals surface area contributed by atoms with Gasteiger partial charge in [0.25, 0.3) is 0 Å². The monoisotopic (exact) mass is 389 g/mol. The second kappa shape index (κ2) is 7.97. The third kappa shape index (κ3) is 3.66. The lowest BCUT2D eigenvalue weighted by Crippen LogP contribution is -2.46. The Kier molecular flexibility index (Phi) is 5.04. The predicted octanol–water partition coefficient (Wildman–Crippen LogP) is 2.38. The van der Waals surface area contributed by atoms with E-state index in [9.17, 15) is 4.79 Å². The Morgan fingerprint density at radius 2 is 1.86 bits per heavy atom. The van der Waals surface area contributed by atoms with E-state index in [1.165, 1.54) is 5.56 Å². The Morgan fingerprint density at radius 3 is 2.69 bits per heavy atom. The van der Waals surface area contributed by atoms with E-state index >= 15 is 0 Å². The molecule has 3 aromatic rings. The average Bonchev–Trinajstić information content (AvgIpc) is 3.42. The van der Waals surface area contributed by atoms with Crippen LogP contribution in [0.3, 0.4) is 0 Å². The molecule has 0 bridgehead atoms. The predicted molar refractivity (Wildman–Crippen MR) is 112 cm³/mol. The Hall–Kier alpha value is -2.70. The molecular weight excluding hydrogens is 362 g/mol. The van der Waals surface area contributed by atoms with Gasteiger partial charge in [0.1, 0.15) is 5.65 Å². The Morgan fingerprint density at radius 1 is 1.07 bits per heavy atom. The molecule has 0 radical (unpaired) electrons. The molecule has 0 saturated carbocycles. The van der Waals surface area contributed by atoms with E-state index in [0.717, 1.165) is 43.8 Å². The molecule has 2 fully saturated rings. The van der Waals surface area contributed by atoms with Crippen molar-refractivity contribution in [2.24, 2.45) is 5.92 Å². The summed E-state index contributed by atoms with van der Waals surface area (Å²) in [6, 6.07) is 17.1. The van der Waals surface area contributed by atoms with Crippen LogP contribution in [0.4, 0.5) is 0 Å². The first kappa shape index (κ1) is 18.3. The number of fused-ring (bicyclic) bond motifs is 1. The lowest BCUT2D eigenvalue weighted by Gasteiger charge is -2.36. The summed E-state index contributed by atoms with van der Waals surface area (Å²) in [6.07, 6.45) is 6.28. The van der Waals surface area contributed by atoms with Crippen molar-refractivity contribution in [2.45, 2.75) is 31.2 Å². The minimum Gasteiger partial charge on any atom is -0.342 e. The molecule has 5 rings (SSSR count). The van der Waals surface area contributed by atoms with E-state index in [1.807, 2.05) is 39.9 Å². The number of pyridine rings is 1. The van der Waals surface area contributed by atoms with E-state index in [2.05, 4.69) is 46.2 Å². The maximum atomic E-state index is 12.9. The molecule has 0 aliphatic carbocycles. The summed E-state index contributed by atoms with van der Waals surface area (Å²) < 4.78 is 2.00. The van der Waals surface area contributed by atoms with Crippen molar-refractivity contribution >= 4 is 11.6 Å². The van der Waals surface area contributed by atoms with Gasteiger partial charge in [-0.1, -0.05) is 36.4 Å². The Balaban J connectivity index is 1.21. The number of aromatic nitrogens is 2. The standard InChI is InChI=1S/C23H27N5O/c29-22(14-19-15-24-21-8-4-5-11-28(19)21)27-12-9-18(10-13-27)23-20(16-25-26-23)17-6-2-1-3-7-17/h1-8,11,15,18,20,23,25-26H,9-10,12-14,16H2. The van der Waals surface area contributed by atoms with Crippen LogP contribution in [-0.4, -0.2) is 45.9 Å². The summed E-state index contributed by atoms with van der Waals surface area (Å²) in [6.45, 7) is 2.63. The number of rotatable bonds is 4. The van der Waals surface area contributed by atoms with E-state index in [4.69, 9.17) is 0 Å². The SMILES string of the molecule is O=C(Cc1cnc2ccccn12)N1CCC(C2NNCC2c2ccccc2)CC1. The van der Waals surface area contributed by atoms with Crippen LogP contribution >= 0.6 is 0 Å². The number of imidazole rings is 1. The normalized spacial score (nSPS) is 23.0. The molecule has 2 saturated heterocycles. The van der Waals surface area contributed by atoms with Gasteiger partial charge >= 0.3 is 0 Å². The first-order valence-corrected chi connectivity index (χ1v) is 10.5. The van der Waals surface area contributed by atoms with Gasteiger partial charge in [-0.15, -0.1) is 0 Å². The van der Waals surface area contributed by atoms with E-state index in [-0.39, 0.29) is 5.91 Å². The van der Waals surface area contributed by atoms with Gasteiger partial charge in [-0.05, 0) is 36.5 Å². The van der Waals surface area contributed by atoms with Gasteiger partial charge < -0.3 is 9.30 Å². The van der Waals surface area contributed by atoms with E-state index in [1.54, 1.807) is 0 Å². The number of hydrogen-bond acceptors (Lipinski definition) is 4.